The zero-order valence-electron chi connectivity index (χ0n) is 9.73. The molecule has 0 spiro atoms. The van der Waals surface area contributed by atoms with Crippen LogP contribution in [0.1, 0.15) is 10.5 Å². The van der Waals surface area contributed by atoms with Crippen molar-refractivity contribution in [3.63, 3.8) is 0 Å². The number of rotatable bonds is 2. The second-order valence-electron chi connectivity index (χ2n) is 3.95. The fourth-order valence-electron chi connectivity index (χ4n) is 1.93. The van der Waals surface area contributed by atoms with E-state index in [1.54, 1.807) is 12.3 Å². The molecule has 0 unspecified atom stereocenters. The second-order valence-corrected chi connectivity index (χ2v) is 3.95. The van der Waals surface area contributed by atoms with Gasteiger partial charge in [0.25, 0.3) is 0 Å². The lowest BCUT2D eigenvalue weighted by Gasteiger charge is -1.97. The lowest BCUT2D eigenvalue weighted by molar-refractivity contribution is 0.0595. The zero-order valence-corrected chi connectivity index (χ0v) is 9.73. The Kier molecular flexibility index (Phi) is 2.37. The molecule has 3 aromatic rings. The number of esters is 1. The van der Waals surface area contributed by atoms with Gasteiger partial charge in [-0.1, -0.05) is 12.1 Å². The molecule has 1 aromatic carbocycles. The Balaban J connectivity index is 2.10. The summed E-state index contributed by atoms with van der Waals surface area (Å²) in [6.07, 6.45) is 1.70. The summed E-state index contributed by atoms with van der Waals surface area (Å²) in [4.78, 5) is 14.5. The summed E-state index contributed by atoms with van der Waals surface area (Å²) >= 11 is 0. The van der Waals surface area contributed by atoms with Crippen LogP contribution in [-0.4, -0.2) is 28.3 Å². The molecule has 0 aliphatic carbocycles. The Bertz CT molecular complexity index is 698. The minimum absolute atomic E-state index is 0.366. The van der Waals surface area contributed by atoms with Crippen LogP contribution in [0.25, 0.3) is 22.2 Å². The molecule has 0 aliphatic heterocycles. The van der Waals surface area contributed by atoms with Gasteiger partial charge >= 0.3 is 5.97 Å². The molecular weight excluding hydrogens is 230 g/mol. The number of hydrogen-bond donors (Lipinski definition) is 2. The maximum Gasteiger partial charge on any atom is 0.354 e. The first-order valence-electron chi connectivity index (χ1n) is 5.49. The summed E-state index contributed by atoms with van der Waals surface area (Å²) in [5.41, 5.74) is 3.29. The van der Waals surface area contributed by atoms with Gasteiger partial charge in [-0.05, 0) is 18.2 Å². The monoisotopic (exact) mass is 241 g/mol. The van der Waals surface area contributed by atoms with Crippen LogP contribution in [0.3, 0.4) is 0 Å². The van der Waals surface area contributed by atoms with Gasteiger partial charge in [0.1, 0.15) is 5.69 Å². The molecule has 0 saturated carbocycles. The highest BCUT2D eigenvalue weighted by atomic mass is 16.5. The normalized spacial score (nSPS) is 10.7. The van der Waals surface area contributed by atoms with Gasteiger partial charge in [0.2, 0.25) is 0 Å². The number of nitrogens with zero attached hydrogens (tertiary/aromatic N) is 1. The first kappa shape index (κ1) is 10.6. The first-order valence-corrected chi connectivity index (χ1v) is 5.49. The fourth-order valence-corrected chi connectivity index (χ4v) is 1.93. The minimum Gasteiger partial charge on any atom is -0.464 e. The van der Waals surface area contributed by atoms with Crippen LogP contribution in [0.4, 0.5) is 0 Å². The van der Waals surface area contributed by atoms with E-state index in [-0.39, 0.29) is 5.97 Å². The fraction of sp³-hybridized carbons (Fsp3) is 0.0769. The molecule has 5 nitrogen and oxygen atoms in total. The van der Waals surface area contributed by atoms with Gasteiger partial charge in [-0.25, -0.2) is 4.79 Å². The molecule has 2 N–H and O–H groups in total. The number of carbonyl (C=O) groups is 1. The molecule has 0 aliphatic rings. The van der Waals surface area contributed by atoms with Crippen LogP contribution in [0.5, 0.6) is 0 Å². The summed E-state index contributed by atoms with van der Waals surface area (Å²) in [5.74, 6) is -0.366. The van der Waals surface area contributed by atoms with Crippen LogP contribution >= 0.6 is 0 Å². The highest BCUT2D eigenvalue weighted by Crippen LogP contribution is 2.23. The van der Waals surface area contributed by atoms with Crippen LogP contribution in [-0.2, 0) is 4.74 Å². The highest BCUT2D eigenvalue weighted by molar-refractivity contribution is 5.95. The van der Waals surface area contributed by atoms with Crippen molar-refractivity contribution in [2.75, 3.05) is 7.11 Å². The minimum atomic E-state index is -0.366. The van der Waals surface area contributed by atoms with Crippen molar-refractivity contribution in [2.24, 2.45) is 0 Å². The van der Waals surface area contributed by atoms with E-state index in [1.165, 1.54) is 7.11 Å². The number of carbonyl (C=O) groups excluding carboxylic acids is 1. The molecule has 0 amide bonds. The quantitative estimate of drug-likeness (QED) is 0.676. The van der Waals surface area contributed by atoms with Gasteiger partial charge in [-0.2, -0.15) is 5.10 Å². The summed E-state index contributed by atoms with van der Waals surface area (Å²) < 4.78 is 4.68. The van der Waals surface area contributed by atoms with E-state index in [9.17, 15) is 4.79 Å². The third-order valence-corrected chi connectivity index (χ3v) is 2.84. The summed E-state index contributed by atoms with van der Waals surface area (Å²) in [5, 5.41) is 7.79. The number of fused-ring (bicyclic) bond motifs is 1. The molecule has 0 bridgehead atoms. The molecule has 0 atom stereocenters. The van der Waals surface area contributed by atoms with Gasteiger partial charge in [0.15, 0.2) is 0 Å². The lowest BCUT2D eigenvalue weighted by atomic mass is 10.1. The summed E-state index contributed by atoms with van der Waals surface area (Å²) in [7, 11) is 1.36. The Morgan fingerprint density at radius 2 is 2.17 bits per heavy atom. The predicted octanol–water partition coefficient (Wildman–Crippen LogP) is 2.34. The number of nitrogens with one attached hydrogen (secondary N) is 2. The summed E-state index contributed by atoms with van der Waals surface area (Å²) in [6, 6.07) is 9.57. The van der Waals surface area contributed by atoms with E-state index in [0.29, 0.717) is 5.69 Å². The predicted molar refractivity (Wildman–Crippen MR) is 67.2 cm³/mol. The molecular formula is C13H11N3O2. The number of H-pyrrole nitrogens is 2. The Morgan fingerprint density at radius 1 is 1.28 bits per heavy atom. The lowest BCUT2D eigenvalue weighted by Crippen LogP contribution is -2.00. The summed E-state index contributed by atoms with van der Waals surface area (Å²) in [6.45, 7) is 0. The van der Waals surface area contributed by atoms with E-state index in [2.05, 4.69) is 19.9 Å². The maximum atomic E-state index is 11.4. The molecule has 0 saturated heterocycles. The molecule has 5 heteroatoms. The van der Waals surface area contributed by atoms with Crippen LogP contribution < -0.4 is 0 Å². The first-order chi connectivity index (χ1) is 8.78. The van der Waals surface area contributed by atoms with Crippen LogP contribution in [0.15, 0.2) is 36.5 Å². The largest absolute Gasteiger partial charge is 0.464 e. The molecule has 90 valence electrons. The zero-order chi connectivity index (χ0) is 12.5. The van der Waals surface area contributed by atoms with Gasteiger partial charge in [0, 0.05) is 22.7 Å². The molecule has 2 heterocycles. The van der Waals surface area contributed by atoms with Crippen LogP contribution in [0, 0.1) is 0 Å². The number of aromatic nitrogens is 3. The van der Waals surface area contributed by atoms with Crippen LogP contribution in [0.2, 0.25) is 0 Å². The van der Waals surface area contributed by atoms with E-state index in [0.717, 1.165) is 22.2 Å². The Labute approximate surface area is 103 Å². The maximum absolute atomic E-state index is 11.4. The number of methoxy groups -OCH3 is 1. The van der Waals surface area contributed by atoms with E-state index < -0.39 is 0 Å². The van der Waals surface area contributed by atoms with Gasteiger partial charge < -0.3 is 9.72 Å². The van der Waals surface area contributed by atoms with E-state index >= 15 is 0 Å². The molecule has 0 fully saturated rings. The van der Waals surface area contributed by atoms with Crippen molar-refractivity contribution < 1.29 is 9.53 Å². The topological polar surface area (TPSA) is 70.8 Å². The van der Waals surface area contributed by atoms with E-state index in [1.807, 2.05) is 24.3 Å². The molecule has 2 aromatic heterocycles. The Morgan fingerprint density at radius 3 is 2.89 bits per heavy atom. The number of ether oxygens (including phenoxy) is 1. The smallest absolute Gasteiger partial charge is 0.354 e. The third-order valence-electron chi connectivity index (χ3n) is 2.84. The van der Waals surface area contributed by atoms with Gasteiger partial charge in [-0.15, -0.1) is 0 Å². The molecule has 0 radical (unpaired) electrons. The third kappa shape index (κ3) is 1.66. The standard InChI is InChI=1S/C13H11N3O2/c1-18-13(17)12-7-9-3-2-8(6-11(9)15-12)10-4-5-14-16-10/h2-7,15H,1H3,(H,14,16). The van der Waals surface area contributed by atoms with Crippen molar-refractivity contribution in [2.45, 2.75) is 0 Å². The van der Waals surface area contributed by atoms with Gasteiger partial charge in [-0.3, -0.25) is 5.10 Å². The Hall–Kier alpha value is -2.56. The van der Waals surface area contributed by atoms with Crippen molar-refractivity contribution in [3.8, 4) is 11.3 Å². The van der Waals surface area contributed by atoms with Crippen molar-refractivity contribution >= 4 is 16.9 Å². The van der Waals surface area contributed by atoms with Crippen molar-refractivity contribution in [3.05, 3.63) is 42.2 Å². The van der Waals surface area contributed by atoms with Gasteiger partial charge in [0.05, 0.1) is 12.8 Å². The number of aromatic amines is 2. The average molecular weight is 241 g/mol. The SMILES string of the molecule is COC(=O)c1cc2ccc(-c3ccn[nH]3)cc2[nH]1. The molecule has 3 rings (SSSR count). The second kappa shape index (κ2) is 4.03. The van der Waals surface area contributed by atoms with Crippen molar-refractivity contribution in [1.29, 1.82) is 0 Å². The number of benzene rings is 1. The van der Waals surface area contributed by atoms with Crippen molar-refractivity contribution in [1.82, 2.24) is 15.2 Å². The highest BCUT2D eigenvalue weighted by Gasteiger charge is 2.10. The van der Waals surface area contributed by atoms with E-state index in [4.69, 9.17) is 0 Å². The molecule has 18 heavy (non-hydrogen) atoms. The number of hydrogen-bond acceptors (Lipinski definition) is 3. The average Bonchev–Trinajstić information content (AvgIpc) is 3.05.